The van der Waals surface area contributed by atoms with Crippen LogP contribution < -0.4 is 0 Å². The van der Waals surface area contributed by atoms with E-state index in [9.17, 15) is 0 Å². The summed E-state index contributed by atoms with van der Waals surface area (Å²) < 4.78 is 0. The van der Waals surface area contributed by atoms with Crippen molar-refractivity contribution in [3.63, 3.8) is 0 Å². The van der Waals surface area contributed by atoms with Crippen molar-refractivity contribution >= 4 is 11.4 Å². The van der Waals surface area contributed by atoms with Gasteiger partial charge in [0.15, 0.2) is 0 Å². The molecular weight excluding hydrogens is 292 g/mol. The van der Waals surface area contributed by atoms with Crippen LogP contribution in [0.15, 0.2) is 64.8 Å². The fourth-order valence-electron chi connectivity index (χ4n) is 2.19. The van der Waals surface area contributed by atoms with Crippen molar-refractivity contribution in [3.8, 4) is 0 Å². The van der Waals surface area contributed by atoms with E-state index in [0.717, 1.165) is 23.4 Å². The first kappa shape index (κ1) is 21.8. The summed E-state index contributed by atoms with van der Waals surface area (Å²) in [4.78, 5) is 0. The maximum atomic E-state index is 4.33. The minimum Gasteiger partial charge on any atom is -0.154 e. The van der Waals surface area contributed by atoms with Crippen molar-refractivity contribution in [1.82, 2.24) is 0 Å². The third kappa shape index (κ3) is 6.11. The van der Waals surface area contributed by atoms with E-state index in [-0.39, 0.29) is 0 Å². The summed E-state index contributed by atoms with van der Waals surface area (Å²) in [7, 11) is 0. The van der Waals surface area contributed by atoms with Gasteiger partial charge >= 0.3 is 0 Å². The number of nitrogens with zero attached hydrogens (tertiary/aromatic N) is 2. The molecule has 0 radical (unpaired) electrons. The van der Waals surface area contributed by atoms with Gasteiger partial charge in [-0.15, -0.1) is 0 Å². The molecule has 130 valence electrons. The van der Waals surface area contributed by atoms with Gasteiger partial charge in [-0.2, -0.15) is 10.2 Å². The summed E-state index contributed by atoms with van der Waals surface area (Å²) in [6.07, 6.45) is 0.814. The quantitative estimate of drug-likeness (QED) is 0.589. The minimum atomic E-state index is 0.814. The summed E-state index contributed by atoms with van der Waals surface area (Å²) in [6, 6.07) is 18.5. The molecule has 0 fully saturated rings. The predicted octanol–water partition coefficient (Wildman–Crippen LogP) is 6.67. The SMILES string of the molecule is CC.CC.CC.Cc1ccccc1C1=NN=C(c2ccccc2)C1. The first-order valence-corrected chi connectivity index (χ1v) is 9.09. The van der Waals surface area contributed by atoms with Gasteiger partial charge in [-0.1, -0.05) is 96.1 Å². The van der Waals surface area contributed by atoms with E-state index in [0.29, 0.717) is 0 Å². The molecule has 2 heteroatoms. The smallest absolute Gasteiger partial charge is 0.0765 e. The van der Waals surface area contributed by atoms with Gasteiger partial charge in [0.25, 0.3) is 0 Å². The van der Waals surface area contributed by atoms with E-state index >= 15 is 0 Å². The summed E-state index contributed by atoms with van der Waals surface area (Å²) in [6.45, 7) is 14.1. The van der Waals surface area contributed by atoms with Crippen LogP contribution in [0.3, 0.4) is 0 Å². The maximum Gasteiger partial charge on any atom is 0.0765 e. The van der Waals surface area contributed by atoms with Crippen molar-refractivity contribution in [2.24, 2.45) is 10.2 Å². The normalized spacial score (nSPS) is 11.5. The van der Waals surface area contributed by atoms with E-state index in [1.165, 1.54) is 11.1 Å². The molecule has 24 heavy (non-hydrogen) atoms. The molecule has 0 amide bonds. The molecule has 1 aliphatic rings. The summed E-state index contributed by atoms with van der Waals surface area (Å²) >= 11 is 0. The zero-order chi connectivity index (χ0) is 18.4. The second-order valence-corrected chi connectivity index (χ2v) is 4.45. The summed E-state index contributed by atoms with van der Waals surface area (Å²) in [5.74, 6) is 0. The zero-order valence-electron chi connectivity index (χ0n) is 16.3. The molecule has 0 spiro atoms. The van der Waals surface area contributed by atoms with Gasteiger partial charge in [0.2, 0.25) is 0 Å². The van der Waals surface area contributed by atoms with Crippen molar-refractivity contribution in [2.75, 3.05) is 0 Å². The molecular formula is C22H32N2. The lowest BCUT2D eigenvalue weighted by molar-refractivity contribution is 1.26. The van der Waals surface area contributed by atoms with Gasteiger partial charge in [0.1, 0.15) is 0 Å². The maximum absolute atomic E-state index is 4.33. The molecule has 0 N–H and O–H groups in total. The first-order chi connectivity index (χ1) is 11.8. The third-order valence-electron chi connectivity index (χ3n) is 3.19. The van der Waals surface area contributed by atoms with Crippen molar-refractivity contribution < 1.29 is 0 Å². The van der Waals surface area contributed by atoms with Crippen LogP contribution in [0.1, 0.15) is 64.7 Å². The average Bonchev–Trinajstić information content (AvgIpc) is 3.18. The second kappa shape index (κ2) is 13.2. The Kier molecular flexibility index (Phi) is 12.0. The van der Waals surface area contributed by atoms with Gasteiger partial charge < -0.3 is 0 Å². The molecule has 0 saturated heterocycles. The zero-order valence-corrected chi connectivity index (χ0v) is 16.3. The lowest BCUT2D eigenvalue weighted by Crippen LogP contribution is -2.06. The summed E-state index contributed by atoms with van der Waals surface area (Å²) in [5, 5.41) is 8.64. The topological polar surface area (TPSA) is 24.7 Å². The van der Waals surface area contributed by atoms with E-state index < -0.39 is 0 Å². The molecule has 0 unspecified atom stereocenters. The molecule has 2 aromatic rings. The molecule has 0 aromatic heterocycles. The first-order valence-electron chi connectivity index (χ1n) is 9.09. The third-order valence-corrected chi connectivity index (χ3v) is 3.19. The van der Waals surface area contributed by atoms with Crippen molar-refractivity contribution in [3.05, 3.63) is 71.3 Å². The Balaban J connectivity index is 0.000000798. The fraction of sp³-hybridized carbons (Fsp3) is 0.364. The van der Waals surface area contributed by atoms with Gasteiger partial charge in [-0.05, 0) is 18.1 Å². The number of hydrogen-bond acceptors (Lipinski definition) is 2. The Morgan fingerprint density at radius 1 is 0.625 bits per heavy atom. The van der Waals surface area contributed by atoms with Crippen LogP contribution in [0.25, 0.3) is 0 Å². The van der Waals surface area contributed by atoms with Crippen molar-refractivity contribution in [1.29, 1.82) is 0 Å². The molecule has 0 saturated carbocycles. The van der Waals surface area contributed by atoms with Gasteiger partial charge in [0.05, 0.1) is 11.4 Å². The molecule has 3 rings (SSSR count). The molecule has 2 aromatic carbocycles. The Bertz CT molecular complexity index is 625. The van der Waals surface area contributed by atoms with E-state index in [4.69, 9.17) is 0 Å². The monoisotopic (exact) mass is 324 g/mol. The van der Waals surface area contributed by atoms with Crippen LogP contribution in [0.5, 0.6) is 0 Å². The molecule has 2 nitrogen and oxygen atoms in total. The van der Waals surface area contributed by atoms with Gasteiger partial charge in [-0.3, -0.25) is 0 Å². The highest BCUT2D eigenvalue weighted by Crippen LogP contribution is 2.18. The van der Waals surface area contributed by atoms with Crippen LogP contribution in [0.2, 0.25) is 0 Å². The van der Waals surface area contributed by atoms with Crippen LogP contribution >= 0.6 is 0 Å². The lowest BCUT2D eigenvalue weighted by Gasteiger charge is -2.04. The Labute approximate surface area is 148 Å². The molecule has 1 aliphatic heterocycles. The van der Waals surface area contributed by atoms with Crippen molar-refractivity contribution in [2.45, 2.75) is 54.9 Å². The Hall–Kier alpha value is -2.22. The number of hydrogen-bond donors (Lipinski definition) is 0. The second-order valence-electron chi connectivity index (χ2n) is 4.45. The van der Waals surface area contributed by atoms with Crippen LogP contribution in [-0.2, 0) is 0 Å². The van der Waals surface area contributed by atoms with E-state index in [1.54, 1.807) is 0 Å². The van der Waals surface area contributed by atoms with E-state index in [1.807, 2.05) is 71.9 Å². The highest BCUT2D eigenvalue weighted by atomic mass is 15.2. The lowest BCUT2D eigenvalue weighted by atomic mass is 9.98. The minimum absolute atomic E-state index is 0.814. The Morgan fingerprint density at radius 3 is 1.71 bits per heavy atom. The predicted molar refractivity (Wildman–Crippen MR) is 109 cm³/mol. The molecule has 0 aliphatic carbocycles. The highest BCUT2D eigenvalue weighted by Gasteiger charge is 2.16. The van der Waals surface area contributed by atoms with Gasteiger partial charge in [-0.25, -0.2) is 0 Å². The van der Waals surface area contributed by atoms with Crippen LogP contribution in [0.4, 0.5) is 0 Å². The Morgan fingerprint density at radius 2 is 1.12 bits per heavy atom. The molecule has 0 bridgehead atoms. The number of rotatable bonds is 2. The number of aryl methyl sites for hydroxylation is 1. The summed E-state index contributed by atoms with van der Waals surface area (Å²) in [5.41, 5.74) is 5.72. The van der Waals surface area contributed by atoms with Crippen LogP contribution in [-0.4, -0.2) is 11.4 Å². The fourth-order valence-corrected chi connectivity index (χ4v) is 2.19. The highest BCUT2D eigenvalue weighted by molar-refractivity contribution is 6.20. The number of benzene rings is 2. The molecule has 0 atom stereocenters. The molecule has 1 heterocycles. The average molecular weight is 325 g/mol. The largest absolute Gasteiger partial charge is 0.154 e. The van der Waals surface area contributed by atoms with Crippen LogP contribution in [0, 0.1) is 6.92 Å². The van der Waals surface area contributed by atoms with Gasteiger partial charge in [0, 0.05) is 12.0 Å². The standard InChI is InChI=1S/C16H14N2.3C2H6/c1-12-7-5-6-10-14(12)16-11-15(17-18-16)13-8-3-2-4-9-13;3*1-2/h2-10H,11H2,1H3;3*1-2H3. The van der Waals surface area contributed by atoms with E-state index in [2.05, 4.69) is 41.4 Å².